The lowest BCUT2D eigenvalue weighted by molar-refractivity contribution is 0.145. The molecule has 0 atom stereocenters. The predicted octanol–water partition coefficient (Wildman–Crippen LogP) is 1.97. The van der Waals surface area contributed by atoms with Gasteiger partial charge in [0.2, 0.25) is 0 Å². The summed E-state index contributed by atoms with van der Waals surface area (Å²) in [4.78, 5) is 3.59. The highest BCUT2D eigenvalue weighted by molar-refractivity contribution is 5.47. The maximum Gasteiger partial charge on any atom is 0.280 e. The van der Waals surface area contributed by atoms with Crippen LogP contribution >= 0.6 is 0 Å². The van der Waals surface area contributed by atoms with Gasteiger partial charge >= 0.3 is 0 Å². The van der Waals surface area contributed by atoms with Crippen molar-refractivity contribution in [3.05, 3.63) is 23.0 Å². The minimum absolute atomic E-state index is 0.0435. The van der Waals surface area contributed by atoms with Gasteiger partial charge in [-0.15, -0.1) is 0 Å². The summed E-state index contributed by atoms with van der Waals surface area (Å²) in [6.07, 6.45) is -2.96. The van der Waals surface area contributed by atoms with Gasteiger partial charge in [0.15, 0.2) is 5.75 Å². The molecule has 16 heavy (non-hydrogen) atoms. The number of ether oxygens (including phenoxy) is 1. The standard InChI is InChI=1S/C10H7F2N3O/c1-16-9-6(5-14)4-8(10(11)12)15-7(9)2-3-13/h4,10H,2H2,1H3. The molecule has 0 bridgehead atoms. The van der Waals surface area contributed by atoms with Crippen molar-refractivity contribution < 1.29 is 13.5 Å². The van der Waals surface area contributed by atoms with E-state index in [0.29, 0.717) is 0 Å². The Morgan fingerprint density at radius 2 is 2.19 bits per heavy atom. The number of pyridine rings is 1. The summed E-state index contributed by atoms with van der Waals surface area (Å²) in [6, 6.07) is 4.47. The second-order valence-electron chi connectivity index (χ2n) is 2.82. The molecule has 0 aliphatic heterocycles. The van der Waals surface area contributed by atoms with Gasteiger partial charge in [-0.3, -0.25) is 0 Å². The van der Waals surface area contributed by atoms with Gasteiger partial charge in [0, 0.05) is 0 Å². The number of hydrogen-bond acceptors (Lipinski definition) is 4. The Morgan fingerprint density at radius 3 is 2.62 bits per heavy atom. The second-order valence-corrected chi connectivity index (χ2v) is 2.82. The maximum atomic E-state index is 12.4. The van der Waals surface area contributed by atoms with Gasteiger partial charge in [-0.1, -0.05) is 0 Å². The van der Waals surface area contributed by atoms with Crippen molar-refractivity contribution in [2.75, 3.05) is 7.11 Å². The molecule has 0 aliphatic carbocycles. The number of alkyl halides is 2. The average Bonchev–Trinajstić information content (AvgIpc) is 2.28. The zero-order valence-corrected chi connectivity index (χ0v) is 8.37. The Hall–Kier alpha value is -2.21. The van der Waals surface area contributed by atoms with Gasteiger partial charge < -0.3 is 4.74 Å². The minimum Gasteiger partial charge on any atom is -0.493 e. The van der Waals surface area contributed by atoms with Gasteiger partial charge in [-0.2, -0.15) is 10.5 Å². The molecule has 0 amide bonds. The molecule has 1 rings (SSSR count). The van der Waals surface area contributed by atoms with Crippen LogP contribution in [0.5, 0.6) is 5.75 Å². The number of hydrogen-bond donors (Lipinski definition) is 0. The number of aromatic nitrogens is 1. The predicted molar refractivity (Wildman–Crippen MR) is 49.8 cm³/mol. The quantitative estimate of drug-likeness (QED) is 0.785. The molecule has 6 heteroatoms. The minimum atomic E-state index is -2.78. The van der Waals surface area contributed by atoms with Gasteiger partial charge in [0.1, 0.15) is 11.8 Å². The highest BCUT2D eigenvalue weighted by Crippen LogP contribution is 2.27. The van der Waals surface area contributed by atoms with Crippen molar-refractivity contribution in [1.29, 1.82) is 10.5 Å². The number of nitrogens with zero attached hydrogens (tertiary/aromatic N) is 3. The van der Waals surface area contributed by atoms with Crippen molar-refractivity contribution in [2.45, 2.75) is 12.8 Å². The molecule has 1 aromatic heterocycles. The van der Waals surface area contributed by atoms with E-state index in [1.165, 1.54) is 7.11 Å². The number of halogens is 2. The summed E-state index contributed by atoms with van der Waals surface area (Å²) in [7, 11) is 1.29. The van der Waals surface area contributed by atoms with Gasteiger partial charge in [0.05, 0.1) is 30.9 Å². The fourth-order valence-corrected chi connectivity index (χ4v) is 1.23. The summed E-state index contributed by atoms with van der Waals surface area (Å²) in [6.45, 7) is 0. The Kier molecular flexibility index (Phi) is 3.73. The Balaban J connectivity index is 3.40. The molecule has 0 aliphatic rings. The molecule has 1 aromatic rings. The van der Waals surface area contributed by atoms with Gasteiger partial charge in [-0.05, 0) is 6.07 Å². The molecule has 0 spiro atoms. The fraction of sp³-hybridized carbons (Fsp3) is 0.300. The van der Waals surface area contributed by atoms with Crippen LogP contribution < -0.4 is 4.74 Å². The number of methoxy groups -OCH3 is 1. The molecule has 0 saturated heterocycles. The van der Waals surface area contributed by atoms with Crippen molar-refractivity contribution in [3.63, 3.8) is 0 Å². The van der Waals surface area contributed by atoms with Gasteiger partial charge in [-0.25, -0.2) is 13.8 Å². The zero-order chi connectivity index (χ0) is 12.1. The summed E-state index contributed by atoms with van der Waals surface area (Å²) < 4.78 is 29.8. The van der Waals surface area contributed by atoms with E-state index >= 15 is 0 Å². The molecule has 82 valence electrons. The van der Waals surface area contributed by atoms with E-state index in [9.17, 15) is 8.78 Å². The van der Waals surface area contributed by atoms with Crippen LogP contribution in [0.3, 0.4) is 0 Å². The molecule has 0 saturated carbocycles. The lowest BCUT2D eigenvalue weighted by Crippen LogP contribution is -2.02. The molecule has 0 aromatic carbocycles. The van der Waals surface area contributed by atoms with Crippen molar-refractivity contribution >= 4 is 0 Å². The van der Waals surface area contributed by atoms with E-state index in [1.807, 2.05) is 0 Å². The lowest BCUT2D eigenvalue weighted by Gasteiger charge is -2.09. The Labute approximate surface area is 90.7 Å². The molecule has 0 fully saturated rings. The van der Waals surface area contributed by atoms with Crippen LogP contribution in [0.4, 0.5) is 8.78 Å². The van der Waals surface area contributed by atoms with E-state index in [4.69, 9.17) is 15.3 Å². The summed E-state index contributed by atoms with van der Waals surface area (Å²) >= 11 is 0. The van der Waals surface area contributed by atoms with Crippen LogP contribution in [0, 0.1) is 22.7 Å². The zero-order valence-electron chi connectivity index (χ0n) is 8.37. The average molecular weight is 223 g/mol. The summed E-state index contributed by atoms with van der Waals surface area (Å²) in [5.74, 6) is 0.0773. The van der Waals surface area contributed by atoms with Crippen molar-refractivity contribution in [3.8, 4) is 17.9 Å². The van der Waals surface area contributed by atoms with Crippen LogP contribution in [0.1, 0.15) is 23.4 Å². The third-order valence-electron chi connectivity index (χ3n) is 1.86. The van der Waals surface area contributed by atoms with E-state index in [1.54, 1.807) is 12.1 Å². The normalized spacial score (nSPS) is 9.62. The van der Waals surface area contributed by atoms with E-state index < -0.39 is 12.1 Å². The van der Waals surface area contributed by atoms with Crippen molar-refractivity contribution in [2.24, 2.45) is 0 Å². The number of rotatable bonds is 3. The third-order valence-corrected chi connectivity index (χ3v) is 1.86. The second kappa shape index (κ2) is 5.04. The summed E-state index contributed by atoms with van der Waals surface area (Å²) in [5, 5.41) is 17.3. The molecule has 0 radical (unpaired) electrons. The third kappa shape index (κ3) is 2.23. The first-order chi connectivity index (χ1) is 7.63. The molecule has 0 unspecified atom stereocenters. The number of nitriles is 2. The Morgan fingerprint density at radius 1 is 1.50 bits per heavy atom. The summed E-state index contributed by atoms with van der Waals surface area (Å²) in [5.41, 5.74) is -0.514. The molecule has 0 N–H and O–H groups in total. The van der Waals surface area contributed by atoms with E-state index in [0.717, 1.165) is 6.07 Å². The monoisotopic (exact) mass is 223 g/mol. The highest BCUT2D eigenvalue weighted by Gasteiger charge is 2.17. The van der Waals surface area contributed by atoms with Crippen LogP contribution in [-0.4, -0.2) is 12.1 Å². The topological polar surface area (TPSA) is 69.7 Å². The molecular formula is C10H7F2N3O. The van der Waals surface area contributed by atoms with Gasteiger partial charge in [0.25, 0.3) is 6.43 Å². The fourth-order valence-electron chi connectivity index (χ4n) is 1.23. The molecule has 4 nitrogen and oxygen atoms in total. The van der Waals surface area contributed by atoms with Crippen molar-refractivity contribution in [1.82, 2.24) is 4.98 Å². The first-order valence-electron chi connectivity index (χ1n) is 4.27. The van der Waals surface area contributed by atoms with Crippen LogP contribution in [0.2, 0.25) is 0 Å². The molecular weight excluding hydrogens is 216 g/mol. The van der Waals surface area contributed by atoms with E-state index in [-0.39, 0.29) is 23.4 Å². The maximum absolute atomic E-state index is 12.4. The van der Waals surface area contributed by atoms with E-state index in [2.05, 4.69) is 4.98 Å². The van der Waals surface area contributed by atoms with Crippen LogP contribution in [-0.2, 0) is 6.42 Å². The first kappa shape index (κ1) is 11.9. The van der Waals surface area contributed by atoms with Crippen LogP contribution in [0.25, 0.3) is 0 Å². The molecule has 1 heterocycles. The SMILES string of the molecule is COc1c(C#N)cc(C(F)F)nc1CC#N. The lowest BCUT2D eigenvalue weighted by atomic mass is 10.1. The smallest absolute Gasteiger partial charge is 0.280 e. The first-order valence-corrected chi connectivity index (χ1v) is 4.27. The highest BCUT2D eigenvalue weighted by atomic mass is 19.3. The largest absolute Gasteiger partial charge is 0.493 e. The van der Waals surface area contributed by atoms with Crippen LogP contribution in [0.15, 0.2) is 6.07 Å². The Bertz CT molecular complexity index is 474.